The van der Waals surface area contributed by atoms with Crippen molar-refractivity contribution in [1.29, 1.82) is 0 Å². The van der Waals surface area contributed by atoms with E-state index in [2.05, 4.69) is 30.9 Å². The average Bonchev–Trinajstić information content (AvgIpc) is 2.92. The number of nitrogen functional groups attached to an aromatic ring is 1. The summed E-state index contributed by atoms with van der Waals surface area (Å²) in [5.41, 5.74) is 2.55. The van der Waals surface area contributed by atoms with E-state index in [0.29, 0.717) is 11.6 Å². The summed E-state index contributed by atoms with van der Waals surface area (Å²) in [6, 6.07) is 0. The first kappa shape index (κ1) is 12.9. The predicted molar refractivity (Wildman–Crippen MR) is 66.7 cm³/mol. The third-order valence-electron chi connectivity index (χ3n) is 2.48. The van der Waals surface area contributed by atoms with E-state index in [0.717, 1.165) is 6.54 Å². The molecule has 9 heteroatoms. The second kappa shape index (κ2) is 5.87. The number of amides is 1. The van der Waals surface area contributed by atoms with Gasteiger partial charge < -0.3 is 15.3 Å². The zero-order chi connectivity index (χ0) is 13.7. The molecule has 19 heavy (non-hydrogen) atoms. The maximum absolute atomic E-state index is 11.8. The van der Waals surface area contributed by atoms with Crippen LogP contribution in [0.1, 0.15) is 23.2 Å². The molecule has 0 unspecified atom stereocenters. The van der Waals surface area contributed by atoms with Crippen molar-refractivity contribution in [3.63, 3.8) is 0 Å². The van der Waals surface area contributed by atoms with Gasteiger partial charge in [-0.2, -0.15) is 0 Å². The molecule has 0 saturated heterocycles. The topological polar surface area (TPSA) is 124 Å². The van der Waals surface area contributed by atoms with E-state index in [1.807, 2.05) is 11.5 Å². The van der Waals surface area contributed by atoms with Crippen LogP contribution in [-0.2, 0) is 13.1 Å². The van der Waals surface area contributed by atoms with Gasteiger partial charge in [0.05, 0.1) is 18.9 Å². The normalized spacial score (nSPS) is 10.2. The van der Waals surface area contributed by atoms with E-state index in [1.54, 1.807) is 6.33 Å². The lowest BCUT2D eigenvalue weighted by atomic mass is 10.4. The van der Waals surface area contributed by atoms with E-state index < -0.39 is 0 Å². The van der Waals surface area contributed by atoms with Crippen molar-refractivity contribution in [3.05, 3.63) is 30.2 Å². The summed E-state index contributed by atoms with van der Waals surface area (Å²) in [4.78, 5) is 19.7. The summed E-state index contributed by atoms with van der Waals surface area (Å²) in [5.74, 6) is 5.90. The highest BCUT2D eigenvalue weighted by molar-refractivity contribution is 5.91. The Balaban J connectivity index is 1.97. The Labute approximate surface area is 109 Å². The number of nitrogens with two attached hydrogens (primary N) is 1. The molecule has 1 amide bonds. The molecule has 0 aromatic carbocycles. The first-order valence-corrected chi connectivity index (χ1v) is 5.68. The first-order chi connectivity index (χ1) is 9.24. The Hall–Kier alpha value is -2.55. The van der Waals surface area contributed by atoms with E-state index in [4.69, 9.17) is 5.84 Å². The summed E-state index contributed by atoms with van der Waals surface area (Å²) in [7, 11) is 0. The lowest BCUT2D eigenvalue weighted by Crippen LogP contribution is -2.25. The number of nitrogens with one attached hydrogen (secondary N) is 2. The number of anilines is 1. The van der Waals surface area contributed by atoms with E-state index >= 15 is 0 Å². The van der Waals surface area contributed by atoms with Crippen LogP contribution in [0.4, 0.5) is 5.82 Å². The van der Waals surface area contributed by atoms with Gasteiger partial charge in [0.1, 0.15) is 12.0 Å². The second-order valence-corrected chi connectivity index (χ2v) is 3.65. The minimum atomic E-state index is -0.332. The van der Waals surface area contributed by atoms with Crippen molar-refractivity contribution in [3.8, 4) is 0 Å². The van der Waals surface area contributed by atoms with E-state index in [9.17, 15) is 4.79 Å². The van der Waals surface area contributed by atoms with Crippen LogP contribution in [0.3, 0.4) is 0 Å². The van der Waals surface area contributed by atoms with Crippen molar-refractivity contribution in [1.82, 2.24) is 30.0 Å². The number of hydrogen-bond acceptors (Lipinski definition) is 7. The summed E-state index contributed by atoms with van der Waals surface area (Å²) in [6.45, 7) is 3.00. The molecule has 0 aliphatic rings. The Kier molecular flexibility index (Phi) is 3.98. The van der Waals surface area contributed by atoms with Gasteiger partial charge in [0.2, 0.25) is 0 Å². The van der Waals surface area contributed by atoms with Gasteiger partial charge in [0.25, 0.3) is 5.91 Å². The van der Waals surface area contributed by atoms with Crippen LogP contribution in [0.5, 0.6) is 0 Å². The molecule has 0 aliphatic heterocycles. The summed E-state index contributed by atoms with van der Waals surface area (Å²) >= 11 is 0. The van der Waals surface area contributed by atoms with Gasteiger partial charge in [0.15, 0.2) is 11.6 Å². The van der Waals surface area contributed by atoms with Crippen LogP contribution in [0.15, 0.2) is 18.7 Å². The molecule has 0 atom stereocenters. The minimum absolute atomic E-state index is 0.210. The first-order valence-electron chi connectivity index (χ1n) is 5.68. The number of hydrogen-bond donors (Lipinski definition) is 3. The molecule has 2 rings (SSSR count). The fraction of sp³-hybridized carbons (Fsp3) is 0.300. The van der Waals surface area contributed by atoms with Gasteiger partial charge in [-0.3, -0.25) is 4.79 Å². The molecule has 0 spiro atoms. The number of carbonyl (C=O) groups is 1. The fourth-order valence-corrected chi connectivity index (χ4v) is 1.45. The minimum Gasteiger partial charge on any atom is -0.343 e. The van der Waals surface area contributed by atoms with Crippen molar-refractivity contribution in [2.75, 3.05) is 5.43 Å². The number of nitrogens with zero attached hydrogens (tertiary/aromatic N) is 5. The van der Waals surface area contributed by atoms with Crippen LogP contribution in [-0.4, -0.2) is 30.6 Å². The van der Waals surface area contributed by atoms with Gasteiger partial charge >= 0.3 is 0 Å². The van der Waals surface area contributed by atoms with E-state index in [-0.39, 0.29) is 18.1 Å². The maximum Gasteiger partial charge on any atom is 0.271 e. The fourth-order valence-electron chi connectivity index (χ4n) is 1.45. The highest BCUT2D eigenvalue weighted by Gasteiger charge is 2.09. The molecule has 0 bridgehead atoms. The van der Waals surface area contributed by atoms with Crippen molar-refractivity contribution in [2.45, 2.75) is 20.0 Å². The smallest absolute Gasteiger partial charge is 0.271 e. The van der Waals surface area contributed by atoms with Gasteiger partial charge in [0, 0.05) is 6.54 Å². The second-order valence-electron chi connectivity index (χ2n) is 3.65. The van der Waals surface area contributed by atoms with Gasteiger partial charge in [-0.25, -0.2) is 15.8 Å². The molecule has 0 fully saturated rings. The Morgan fingerprint density at radius 2 is 2.26 bits per heavy atom. The zero-order valence-corrected chi connectivity index (χ0v) is 10.4. The van der Waals surface area contributed by atoms with Crippen LogP contribution in [0.25, 0.3) is 0 Å². The highest BCUT2D eigenvalue weighted by atomic mass is 16.1. The third-order valence-corrected chi connectivity index (χ3v) is 2.48. The molecule has 0 aliphatic carbocycles. The Morgan fingerprint density at radius 3 is 2.89 bits per heavy atom. The molecule has 100 valence electrons. The Morgan fingerprint density at radius 1 is 1.42 bits per heavy atom. The summed E-state index contributed by atoms with van der Waals surface area (Å²) in [6.07, 6.45) is 4.33. The average molecular weight is 262 g/mol. The van der Waals surface area contributed by atoms with Gasteiger partial charge in [-0.05, 0) is 6.92 Å². The predicted octanol–water partition coefficient (Wildman–Crippen LogP) is -0.696. The lowest BCUT2D eigenvalue weighted by molar-refractivity contribution is 0.0944. The molecule has 0 radical (unpaired) electrons. The molecule has 2 heterocycles. The molecule has 4 N–H and O–H groups in total. The number of aromatic nitrogens is 5. The highest BCUT2D eigenvalue weighted by Crippen LogP contribution is 2.00. The van der Waals surface area contributed by atoms with Crippen molar-refractivity contribution < 1.29 is 4.79 Å². The van der Waals surface area contributed by atoms with Gasteiger partial charge in [-0.1, -0.05) is 0 Å². The third kappa shape index (κ3) is 3.01. The number of rotatable bonds is 5. The molecule has 9 nitrogen and oxygen atoms in total. The monoisotopic (exact) mass is 262 g/mol. The number of hydrazine groups is 1. The van der Waals surface area contributed by atoms with Crippen molar-refractivity contribution >= 4 is 11.7 Å². The molecular weight excluding hydrogens is 248 g/mol. The van der Waals surface area contributed by atoms with Crippen LogP contribution < -0.4 is 16.6 Å². The van der Waals surface area contributed by atoms with Crippen LogP contribution in [0.2, 0.25) is 0 Å². The van der Waals surface area contributed by atoms with E-state index in [1.165, 1.54) is 12.4 Å². The molecule has 2 aromatic rings. The lowest BCUT2D eigenvalue weighted by Gasteiger charge is -2.05. The summed E-state index contributed by atoms with van der Waals surface area (Å²) in [5, 5.41) is 10.4. The molecule has 2 aromatic heterocycles. The Bertz CT molecular complexity index is 549. The number of aryl methyl sites for hydroxylation is 1. The maximum atomic E-state index is 11.8. The van der Waals surface area contributed by atoms with Gasteiger partial charge in [-0.15, -0.1) is 10.2 Å². The summed E-state index contributed by atoms with van der Waals surface area (Å²) < 4.78 is 1.84. The number of carbonyl (C=O) groups excluding carboxylic acids is 1. The quantitative estimate of drug-likeness (QED) is 0.481. The SMILES string of the molecule is CCn1cnnc1CNC(=O)c1cnc(NN)cn1. The van der Waals surface area contributed by atoms with Crippen molar-refractivity contribution in [2.24, 2.45) is 5.84 Å². The standard InChI is InChI=1S/C10H14N8O/c1-2-18-6-15-17-9(18)5-14-10(19)7-3-13-8(16-11)4-12-7/h3-4,6H,2,5,11H2,1H3,(H,13,16)(H,14,19). The van der Waals surface area contributed by atoms with Crippen LogP contribution in [0, 0.1) is 0 Å². The molecular formula is C10H14N8O. The van der Waals surface area contributed by atoms with Crippen LogP contribution >= 0.6 is 0 Å². The largest absolute Gasteiger partial charge is 0.343 e. The zero-order valence-electron chi connectivity index (χ0n) is 10.4. The molecule has 0 saturated carbocycles.